The molecule has 0 radical (unpaired) electrons. The number of carbonyl (C=O) groups is 1. The summed E-state index contributed by atoms with van der Waals surface area (Å²) in [7, 11) is 0. The highest BCUT2D eigenvalue weighted by atomic mass is 79.9. The average molecular weight is 305 g/mol. The molecule has 92 valence electrons. The first-order valence-corrected chi connectivity index (χ1v) is 6.39. The maximum Gasteiger partial charge on any atom is 0.228 e. The number of nitrogens with zero attached hydrogens (tertiary/aromatic N) is 1. The highest BCUT2D eigenvalue weighted by Gasteiger charge is 2.06. The van der Waals surface area contributed by atoms with Gasteiger partial charge in [-0.05, 0) is 58.2 Å². The number of halogens is 1. The van der Waals surface area contributed by atoms with Gasteiger partial charge in [0, 0.05) is 16.9 Å². The number of anilines is 1. The second-order valence-corrected chi connectivity index (χ2v) is 4.92. The Balaban J connectivity index is 2.03. The number of aromatic nitrogens is 1. The molecule has 18 heavy (non-hydrogen) atoms. The van der Waals surface area contributed by atoms with Crippen LogP contribution in [0.2, 0.25) is 0 Å². The van der Waals surface area contributed by atoms with Gasteiger partial charge in [0.2, 0.25) is 5.91 Å². The van der Waals surface area contributed by atoms with Crippen LogP contribution < -0.4 is 5.32 Å². The van der Waals surface area contributed by atoms with E-state index < -0.39 is 0 Å². The smallest absolute Gasteiger partial charge is 0.228 e. The lowest BCUT2D eigenvalue weighted by Gasteiger charge is -2.08. The fraction of sp³-hybridized carbons (Fsp3) is 0.143. The molecule has 0 aliphatic carbocycles. The quantitative estimate of drug-likeness (QED) is 0.945. The number of carbonyl (C=O) groups excluding carboxylic acids is 1. The minimum Gasteiger partial charge on any atom is -0.325 e. The van der Waals surface area contributed by atoms with Crippen LogP contribution in [0.3, 0.4) is 0 Å². The largest absolute Gasteiger partial charge is 0.325 e. The van der Waals surface area contributed by atoms with Crippen LogP contribution in [0.1, 0.15) is 11.1 Å². The molecular formula is C14H13BrN2O. The molecule has 1 aromatic carbocycles. The minimum atomic E-state index is -0.0363. The van der Waals surface area contributed by atoms with Gasteiger partial charge in [-0.25, -0.2) is 0 Å². The Bertz CT molecular complexity index is 555. The summed E-state index contributed by atoms with van der Waals surface area (Å²) in [6.07, 6.45) is 3.72. The van der Waals surface area contributed by atoms with E-state index in [1.807, 2.05) is 37.3 Å². The molecule has 0 aliphatic rings. The van der Waals surface area contributed by atoms with E-state index in [0.29, 0.717) is 6.42 Å². The average Bonchev–Trinajstić information content (AvgIpc) is 2.34. The summed E-state index contributed by atoms with van der Waals surface area (Å²) in [4.78, 5) is 15.8. The van der Waals surface area contributed by atoms with Crippen LogP contribution >= 0.6 is 15.9 Å². The summed E-state index contributed by atoms with van der Waals surface area (Å²) in [5.74, 6) is -0.0363. The first-order valence-electron chi connectivity index (χ1n) is 5.60. The van der Waals surface area contributed by atoms with Crippen molar-refractivity contribution in [2.75, 3.05) is 5.32 Å². The van der Waals surface area contributed by atoms with Crippen molar-refractivity contribution in [1.82, 2.24) is 4.98 Å². The lowest BCUT2D eigenvalue weighted by Crippen LogP contribution is -2.14. The Hall–Kier alpha value is -1.68. The molecule has 2 aromatic rings. The fourth-order valence-corrected chi connectivity index (χ4v) is 2.19. The molecule has 1 N–H and O–H groups in total. The first-order chi connectivity index (χ1) is 8.65. The van der Waals surface area contributed by atoms with Gasteiger partial charge >= 0.3 is 0 Å². The van der Waals surface area contributed by atoms with Crippen LogP contribution in [0.25, 0.3) is 0 Å². The van der Waals surface area contributed by atoms with E-state index >= 15 is 0 Å². The highest BCUT2D eigenvalue weighted by molar-refractivity contribution is 9.10. The normalized spacial score (nSPS) is 10.1. The van der Waals surface area contributed by atoms with Crippen LogP contribution in [-0.4, -0.2) is 10.9 Å². The third kappa shape index (κ3) is 3.40. The molecule has 0 aliphatic heterocycles. The van der Waals surface area contributed by atoms with Crippen LogP contribution in [0.15, 0.2) is 47.2 Å². The third-order valence-electron chi connectivity index (χ3n) is 2.51. The van der Waals surface area contributed by atoms with Crippen molar-refractivity contribution in [3.05, 3.63) is 58.3 Å². The molecule has 3 nitrogen and oxygen atoms in total. The molecule has 0 saturated carbocycles. The second kappa shape index (κ2) is 5.78. The zero-order valence-electron chi connectivity index (χ0n) is 9.98. The number of benzene rings is 1. The van der Waals surface area contributed by atoms with Gasteiger partial charge in [0.15, 0.2) is 0 Å². The molecule has 0 fully saturated rings. The standard InChI is InChI=1S/C14H13BrN2O/c1-10-2-3-13(12(15)8-10)17-14(18)9-11-4-6-16-7-5-11/h2-8H,9H2,1H3,(H,17,18). The van der Waals surface area contributed by atoms with Crippen LogP contribution in [0, 0.1) is 6.92 Å². The van der Waals surface area contributed by atoms with E-state index in [-0.39, 0.29) is 5.91 Å². The molecular weight excluding hydrogens is 292 g/mol. The van der Waals surface area contributed by atoms with Gasteiger partial charge in [-0.2, -0.15) is 0 Å². The van der Waals surface area contributed by atoms with Gasteiger partial charge in [0.05, 0.1) is 12.1 Å². The molecule has 2 rings (SSSR count). The number of rotatable bonds is 3. The Kier molecular flexibility index (Phi) is 4.10. The molecule has 0 spiro atoms. The van der Waals surface area contributed by atoms with E-state index in [1.165, 1.54) is 0 Å². The zero-order valence-corrected chi connectivity index (χ0v) is 11.6. The number of aryl methyl sites for hydroxylation is 1. The minimum absolute atomic E-state index is 0.0363. The molecule has 0 unspecified atom stereocenters. The molecule has 0 atom stereocenters. The molecule has 4 heteroatoms. The Morgan fingerprint density at radius 3 is 2.67 bits per heavy atom. The van der Waals surface area contributed by atoms with Crippen molar-refractivity contribution < 1.29 is 4.79 Å². The number of hydrogen-bond donors (Lipinski definition) is 1. The number of nitrogens with one attached hydrogen (secondary N) is 1. The van der Waals surface area contributed by atoms with Gasteiger partial charge in [-0.1, -0.05) is 6.07 Å². The van der Waals surface area contributed by atoms with E-state index in [9.17, 15) is 4.79 Å². The number of pyridine rings is 1. The summed E-state index contributed by atoms with van der Waals surface area (Å²) in [6.45, 7) is 2.01. The van der Waals surface area contributed by atoms with Crippen molar-refractivity contribution in [2.24, 2.45) is 0 Å². The topological polar surface area (TPSA) is 42.0 Å². The van der Waals surface area contributed by atoms with Gasteiger partial charge in [0.1, 0.15) is 0 Å². The molecule has 1 heterocycles. The van der Waals surface area contributed by atoms with Crippen LogP contribution in [0.4, 0.5) is 5.69 Å². The highest BCUT2D eigenvalue weighted by Crippen LogP contribution is 2.23. The van der Waals surface area contributed by atoms with Gasteiger partial charge < -0.3 is 5.32 Å². The maximum absolute atomic E-state index is 11.9. The van der Waals surface area contributed by atoms with Crippen molar-refractivity contribution in [3.8, 4) is 0 Å². The fourth-order valence-electron chi connectivity index (χ4n) is 1.60. The maximum atomic E-state index is 11.9. The van der Waals surface area contributed by atoms with E-state index in [0.717, 1.165) is 21.3 Å². The van der Waals surface area contributed by atoms with Gasteiger partial charge in [0.25, 0.3) is 0 Å². The number of amides is 1. The molecule has 0 bridgehead atoms. The number of hydrogen-bond acceptors (Lipinski definition) is 2. The monoisotopic (exact) mass is 304 g/mol. The summed E-state index contributed by atoms with van der Waals surface area (Å²) < 4.78 is 0.894. The van der Waals surface area contributed by atoms with Crippen molar-refractivity contribution in [2.45, 2.75) is 13.3 Å². The first kappa shape index (κ1) is 12.8. The summed E-state index contributed by atoms with van der Waals surface area (Å²) in [6, 6.07) is 9.51. The van der Waals surface area contributed by atoms with Crippen LogP contribution in [0.5, 0.6) is 0 Å². The Labute approximate surface area is 114 Å². The van der Waals surface area contributed by atoms with E-state index in [1.54, 1.807) is 12.4 Å². The summed E-state index contributed by atoms with van der Waals surface area (Å²) in [5, 5.41) is 2.88. The third-order valence-corrected chi connectivity index (χ3v) is 3.17. The summed E-state index contributed by atoms with van der Waals surface area (Å²) in [5.41, 5.74) is 2.89. The molecule has 1 aromatic heterocycles. The van der Waals surface area contributed by atoms with Crippen molar-refractivity contribution in [1.29, 1.82) is 0 Å². The summed E-state index contributed by atoms with van der Waals surface area (Å²) >= 11 is 3.44. The van der Waals surface area contributed by atoms with Crippen molar-refractivity contribution >= 4 is 27.5 Å². The Morgan fingerprint density at radius 2 is 2.00 bits per heavy atom. The second-order valence-electron chi connectivity index (χ2n) is 4.06. The zero-order chi connectivity index (χ0) is 13.0. The lowest BCUT2D eigenvalue weighted by atomic mass is 10.2. The predicted molar refractivity (Wildman–Crippen MR) is 75.4 cm³/mol. The van der Waals surface area contributed by atoms with Gasteiger partial charge in [-0.3, -0.25) is 9.78 Å². The van der Waals surface area contributed by atoms with Crippen LogP contribution in [-0.2, 0) is 11.2 Å². The SMILES string of the molecule is Cc1ccc(NC(=O)Cc2ccncc2)c(Br)c1. The van der Waals surface area contributed by atoms with E-state index in [2.05, 4.69) is 26.2 Å². The lowest BCUT2D eigenvalue weighted by molar-refractivity contribution is -0.115. The molecule has 1 amide bonds. The van der Waals surface area contributed by atoms with Crippen molar-refractivity contribution in [3.63, 3.8) is 0 Å². The van der Waals surface area contributed by atoms with E-state index in [4.69, 9.17) is 0 Å². The Morgan fingerprint density at radius 1 is 1.28 bits per heavy atom. The van der Waals surface area contributed by atoms with Gasteiger partial charge in [-0.15, -0.1) is 0 Å². The molecule has 0 saturated heterocycles. The predicted octanol–water partition coefficient (Wildman–Crippen LogP) is 3.33.